The monoisotopic (exact) mass is 271 g/mol. The molecule has 0 spiro atoms. The standard InChI is InChI=1S/C13H13N5S/c19-13(16-9-11-5-1-3-7-14-11)18-17-10-12-6-2-4-8-15-12/h1-8,10H,9H2,(H2,16,18,19)/b17-10-. The summed E-state index contributed by atoms with van der Waals surface area (Å²) in [6, 6.07) is 11.3. The van der Waals surface area contributed by atoms with Crippen LogP contribution in [-0.2, 0) is 6.54 Å². The molecular weight excluding hydrogens is 258 g/mol. The first-order valence-corrected chi connectivity index (χ1v) is 6.13. The van der Waals surface area contributed by atoms with Crippen molar-refractivity contribution in [1.82, 2.24) is 20.7 Å². The fraction of sp³-hybridized carbons (Fsp3) is 0.0769. The van der Waals surface area contributed by atoms with E-state index in [9.17, 15) is 0 Å². The van der Waals surface area contributed by atoms with Crippen molar-refractivity contribution in [2.75, 3.05) is 0 Å². The molecule has 2 aromatic rings. The Bertz CT molecular complexity index is 541. The fourth-order valence-corrected chi connectivity index (χ4v) is 1.45. The van der Waals surface area contributed by atoms with Gasteiger partial charge >= 0.3 is 0 Å². The topological polar surface area (TPSA) is 62.2 Å². The van der Waals surface area contributed by atoms with E-state index in [0.29, 0.717) is 11.7 Å². The maximum absolute atomic E-state index is 5.08. The van der Waals surface area contributed by atoms with E-state index in [0.717, 1.165) is 11.4 Å². The third-order valence-corrected chi connectivity index (χ3v) is 2.44. The van der Waals surface area contributed by atoms with Gasteiger partial charge in [-0.2, -0.15) is 5.10 Å². The molecule has 0 unspecified atom stereocenters. The summed E-state index contributed by atoms with van der Waals surface area (Å²) in [6.07, 6.45) is 5.06. The molecule has 0 aliphatic carbocycles. The van der Waals surface area contributed by atoms with Gasteiger partial charge in [0.25, 0.3) is 0 Å². The van der Waals surface area contributed by atoms with Crippen LogP contribution in [0.25, 0.3) is 0 Å². The van der Waals surface area contributed by atoms with Crippen LogP contribution < -0.4 is 10.7 Å². The Kier molecular flexibility index (Phi) is 4.95. The molecule has 0 aliphatic heterocycles. The summed E-state index contributed by atoms with van der Waals surface area (Å²) in [4.78, 5) is 8.29. The van der Waals surface area contributed by atoms with E-state index in [1.165, 1.54) is 0 Å². The number of hydrazone groups is 1. The number of rotatable bonds is 4. The predicted molar refractivity (Wildman–Crippen MR) is 78.6 cm³/mol. The molecular formula is C13H13N5S. The molecule has 2 heterocycles. The molecule has 19 heavy (non-hydrogen) atoms. The summed E-state index contributed by atoms with van der Waals surface area (Å²) in [5.41, 5.74) is 4.41. The summed E-state index contributed by atoms with van der Waals surface area (Å²) >= 11 is 5.08. The highest BCUT2D eigenvalue weighted by Crippen LogP contribution is 1.91. The van der Waals surface area contributed by atoms with Gasteiger partial charge in [-0.3, -0.25) is 15.4 Å². The summed E-state index contributed by atoms with van der Waals surface area (Å²) < 4.78 is 0. The molecule has 0 radical (unpaired) electrons. The van der Waals surface area contributed by atoms with Crippen molar-refractivity contribution in [3.05, 3.63) is 60.2 Å². The maximum Gasteiger partial charge on any atom is 0.187 e. The van der Waals surface area contributed by atoms with Crippen LogP contribution >= 0.6 is 12.2 Å². The van der Waals surface area contributed by atoms with E-state index in [4.69, 9.17) is 12.2 Å². The first-order chi connectivity index (χ1) is 9.34. The zero-order chi connectivity index (χ0) is 13.3. The number of pyridine rings is 2. The van der Waals surface area contributed by atoms with Crippen LogP contribution in [0.4, 0.5) is 0 Å². The molecule has 0 amide bonds. The second-order valence-electron chi connectivity index (χ2n) is 3.63. The highest BCUT2D eigenvalue weighted by atomic mass is 32.1. The molecule has 0 aromatic carbocycles. The number of aromatic nitrogens is 2. The van der Waals surface area contributed by atoms with Gasteiger partial charge in [-0.25, -0.2) is 0 Å². The second kappa shape index (κ2) is 7.17. The number of thiocarbonyl (C=S) groups is 1. The summed E-state index contributed by atoms with van der Waals surface area (Å²) in [7, 11) is 0. The van der Waals surface area contributed by atoms with Gasteiger partial charge in [0.1, 0.15) is 0 Å². The molecule has 0 atom stereocenters. The zero-order valence-electron chi connectivity index (χ0n) is 10.2. The normalized spacial score (nSPS) is 10.3. The SMILES string of the molecule is S=C(NCc1ccccn1)N/N=C\c1ccccn1. The fourth-order valence-electron chi connectivity index (χ4n) is 1.32. The van der Waals surface area contributed by atoms with Crippen LogP contribution in [0.5, 0.6) is 0 Å². The van der Waals surface area contributed by atoms with Gasteiger partial charge in [-0.1, -0.05) is 12.1 Å². The lowest BCUT2D eigenvalue weighted by Gasteiger charge is -2.05. The minimum Gasteiger partial charge on any atom is -0.356 e. The van der Waals surface area contributed by atoms with Crippen LogP contribution in [-0.4, -0.2) is 21.3 Å². The Morgan fingerprint density at radius 3 is 2.63 bits per heavy atom. The van der Waals surface area contributed by atoms with E-state index in [1.54, 1.807) is 18.6 Å². The predicted octanol–water partition coefficient (Wildman–Crippen LogP) is 1.47. The van der Waals surface area contributed by atoms with Crippen LogP contribution in [0.2, 0.25) is 0 Å². The molecule has 2 aromatic heterocycles. The van der Waals surface area contributed by atoms with Gasteiger partial charge in [0.05, 0.1) is 24.1 Å². The average Bonchev–Trinajstić information content (AvgIpc) is 2.47. The zero-order valence-corrected chi connectivity index (χ0v) is 11.0. The molecule has 2 N–H and O–H groups in total. The molecule has 0 saturated heterocycles. The molecule has 0 fully saturated rings. The Labute approximate surface area is 116 Å². The van der Waals surface area contributed by atoms with Gasteiger partial charge in [-0.15, -0.1) is 0 Å². The van der Waals surface area contributed by atoms with Gasteiger partial charge < -0.3 is 5.32 Å². The van der Waals surface area contributed by atoms with E-state index in [2.05, 4.69) is 25.8 Å². The van der Waals surface area contributed by atoms with E-state index < -0.39 is 0 Å². The van der Waals surface area contributed by atoms with Crippen molar-refractivity contribution >= 4 is 23.5 Å². The van der Waals surface area contributed by atoms with Crippen molar-refractivity contribution in [1.29, 1.82) is 0 Å². The minimum absolute atomic E-state index is 0.442. The maximum atomic E-state index is 5.08. The third-order valence-electron chi connectivity index (χ3n) is 2.21. The van der Waals surface area contributed by atoms with Crippen LogP contribution in [0.3, 0.4) is 0 Å². The van der Waals surface area contributed by atoms with Gasteiger partial charge in [-0.05, 0) is 36.5 Å². The largest absolute Gasteiger partial charge is 0.356 e. The number of nitrogens with zero attached hydrogens (tertiary/aromatic N) is 3. The smallest absolute Gasteiger partial charge is 0.187 e. The van der Waals surface area contributed by atoms with E-state index in [1.807, 2.05) is 36.4 Å². The highest BCUT2D eigenvalue weighted by Gasteiger charge is 1.95. The summed E-state index contributed by atoms with van der Waals surface area (Å²) in [5.74, 6) is 0. The Hall–Kier alpha value is -2.34. The quantitative estimate of drug-likeness (QED) is 0.501. The molecule has 5 nitrogen and oxygen atoms in total. The minimum atomic E-state index is 0.442. The lowest BCUT2D eigenvalue weighted by Crippen LogP contribution is -2.31. The van der Waals surface area contributed by atoms with Crippen molar-refractivity contribution in [3.8, 4) is 0 Å². The second-order valence-corrected chi connectivity index (χ2v) is 4.04. The summed E-state index contributed by atoms with van der Waals surface area (Å²) in [6.45, 7) is 0.561. The lowest BCUT2D eigenvalue weighted by molar-refractivity contribution is 0.841. The number of nitrogens with one attached hydrogen (secondary N) is 2. The van der Waals surface area contributed by atoms with Crippen LogP contribution in [0, 0.1) is 0 Å². The average molecular weight is 271 g/mol. The van der Waals surface area contributed by atoms with Crippen molar-refractivity contribution < 1.29 is 0 Å². The van der Waals surface area contributed by atoms with Crippen molar-refractivity contribution in [2.45, 2.75) is 6.54 Å². The molecule has 2 rings (SSSR count). The van der Waals surface area contributed by atoms with Gasteiger partial charge in [0, 0.05) is 12.4 Å². The lowest BCUT2D eigenvalue weighted by atomic mass is 10.3. The van der Waals surface area contributed by atoms with Crippen molar-refractivity contribution in [2.24, 2.45) is 5.10 Å². The number of hydrogen-bond donors (Lipinski definition) is 2. The first-order valence-electron chi connectivity index (χ1n) is 5.72. The Morgan fingerprint density at radius 1 is 1.16 bits per heavy atom. The number of hydrogen-bond acceptors (Lipinski definition) is 4. The molecule has 0 aliphatic rings. The van der Waals surface area contributed by atoms with Crippen molar-refractivity contribution in [3.63, 3.8) is 0 Å². The molecule has 0 saturated carbocycles. The third kappa shape index (κ3) is 4.81. The first kappa shape index (κ1) is 13.1. The highest BCUT2D eigenvalue weighted by molar-refractivity contribution is 7.80. The van der Waals surface area contributed by atoms with Gasteiger partial charge in [0.15, 0.2) is 5.11 Å². The van der Waals surface area contributed by atoms with Crippen LogP contribution in [0.15, 0.2) is 53.9 Å². The molecule has 96 valence electrons. The summed E-state index contributed by atoms with van der Waals surface area (Å²) in [5, 5.41) is 7.44. The molecule has 0 bridgehead atoms. The van der Waals surface area contributed by atoms with E-state index in [-0.39, 0.29) is 0 Å². The Morgan fingerprint density at radius 2 is 1.95 bits per heavy atom. The molecule has 6 heteroatoms. The van der Waals surface area contributed by atoms with Crippen LogP contribution in [0.1, 0.15) is 11.4 Å². The van der Waals surface area contributed by atoms with E-state index >= 15 is 0 Å². The Balaban J connectivity index is 1.75. The van der Waals surface area contributed by atoms with Gasteiger partial charge in [0.2, 0.25) is 0 Å².